The van der Waals surface area contributed by atoms with Gasteiger partial charge in [-0.3, -0.25) is 9.69 Å². The maximum atomic E-state index is 12.0. The van der Waals surface area contributed by atoms with Crippen LogP contribution in [0.3, 0.4) is 0 Å². The summed E-state index contributed by atoms with van der Waals surface area (Å²) in [6.45, 7) is 3.41. The third-order valence-electron chi connectivity index (χ3n) is 3.95. The second-order valence-corrected chi connectivity index (χ2v) is 8.71. The Hall–Kier alpha value is -1.01. The van der Waals surface area contributed by atoms with Crippen molar-refractivity contribution in [3.8, 4) is 0 Å². The minimum Gasteiger partial charge on any atom is -0.325 e. The molecule has 3 nitrogen and oxygen atoms in total. The molecule has 3 rings (SSSR count). The fourth-order valence-electron chi connectivity index (χ4n) is 2.76. The van der Waals surface area contributed by atoms with Crippen LogP contribution in [0, 0.1) is 0 Å². The van der Waals surface area contributed by atoms with Gasteiger partial charge in [-0.1, -0.05) is 23.7 Å². The molecular formula is C18H21ClN2OS2. The molecule has 2 aromatic rings. The van der Waals surface area contributed by atoms with Crippen LogP contribution >= 0.6 is 34.7 Å². The number of amides is 1. The van der Waals surface area contributed by atoms with Crippen molar-refractivity contribution in [3.05, 3.63) is 51.2 Å². The van der Waals surface area contributed by atoms with Crippen molar-refractivity contribution in [2.24, 2.45) is 0 Å². The zero-order valence-corrected chi connectivity index (χ0v) is 15.9. The Morgan fingerprint density at radius 2 is 1.92 bits per heavy atom. The Bertz CT molecular complexity index is 666. The van der Waals surface area contributed by atoms with Gasteiger partial charge in [0.05, 0.1) is 10.1 Å². The van der Waals surface area contributed by atoms with E-state index < -0.39 is 0 Å². The van der Waals surface area contributed by atoms with Gasteiger partial charge in [0.25, 0.3) is 0 Å². The van der Waals surface area contributed by atoms with Gasteiger partial charge in [-0.05, 0) is 55.8 Å². The van der Waals surface area contributed by atoms with E-state index in [0.717, 1.165) is 22.3 Å². The summed E-state index contributed by atoms with van der Waals surface area (Å²) in [5, 5.41) is 2.96. The Balaban J connectivity index is 1.40. The summed E-state index contributed by atoms with van der Waals surface area (Å²) >= 11 is 9.07. The lowest BCUT2D eigenvalue weighted by atomic mass is 10.2. The molecule has 1 amide bonds. The van der Waals surface area contributed by atoms with Crippen LogP contribution in [-0.2, 0) is 17.1 Å². The zero-order valence-electron chi connectivity index (χ0n) is 13.5. The Morgan fingerprint density at radius 1 is 1.17 bits per heavy atom. The summed E-state index contributed by atoms with van der Waals surface area (Å²) in [6, 6.07) is 12.1. The summed E-state index contributed by atoms with van der Waals surface area (Å²) < 4.78 is 0.795. The number of hydrogen-bond acceptors (Lipinski definition) is 4. The number of thioether (sulfide) groups is 1. The lowest BCUT2D eigenvalue weighted by Gasteiger charge is -2.14. The first kappa shape index (κ1) is 17.8. The Labute approximate surface area is 156 Å². The van der Waals surface area contributed by atoms with Gasteiger partial charge >= 0.3 is 0 Å². The molecule has 0 bridgehead atoms. The van der Waals surface area contributed by atoms with Crippen molar-refractivity contribution in [2.45, 2.75) is 25.1 Å². The molecule has 0 unspecified atom stereocenters. The maximum absolute atomic E-state index is 12.0. The summed E-state index contributed by atoms with van der Waals surface area (Å²) in [5.74, 6) is 1.31. The van der Waals surface area contributed by atoms with E-state index in [0.29, 0.717) is 5.75 Å². The van der Waals surface area contributed by atoms with Crippen molar-refractivity contribution in [1.29, 1.82) is 0 Å². The van der Waals surface area contributed by atoms with Crippen LogP contribution in [0.4, 0.5) is 5.69 Å². The number of halogens is 1. The number of anilines is 1. The molecule has 2 heterocycles. The number of thiophene rings is 1. The topological polar surface area (TPSA) is 32.3 Å². The van der Waals surface area contributed by atoms with E-state index in [1.807, 2.05) is 24.3 Å². The molecule has 24 heavy (non-hydrogen) atoms. The molecule has 1 aliphatic heterocycles. The van der Waals surface area contributed by atoms with Crippen LogP contribution < -0.4 is 5.32 Å². The normalized spacial score (nSPS) is 14.9. The number of hydrogen-bond donors (Lipinski definition) is 1. The van der Waals surface area contributed by atoms with Crippen LogP contribution in [0.15, 0.2) is 36.4 Å². The molecule has 1 aromatic heterocycles. The van der Waals surface area contributed by atoms with Gasteiger partial charge < -0.3 is 5.32 Å². The number of benzene rings is 1. The highest BCUT2D eigenvalue weighted by Gasteiger charge is 2.11. The first-order valence-corrected chi connectivity index (χ1v) is 10.5. The molecule has 0 aliphatic carbocycles. The zero-order chi connectivity index (χ0) is 16.8. The summed E-state index contributed by atoms with van der Waals surface area (Å²) in [7, 11) is 0. The van der Waals surface area contributed by atoms with E-state index in [1.54, 1.807) is 23.1 Å². The minimum atomic E-state index is 0.0370. The summed E-state index contributed by atoms with van der Waals surface area (Å²) in [5.41, 5.74) is 2.17. The van der Waals surface area contributed by atoms with E-state index in [2.05, 4.69) is 22.3 Å². The SMILES string of the molecule is O=C(CSCc1ccc(Cl)s1)Nc1ccc(CN2CCCC2)cc1. The highest BCUT2D eigenvalue weighted by molar-refractivity contribution is 7.99. The number of carbonyl (C=O) groups is 1. The molecule has 1 fully saturated rings. The minimum absolute atomic E-state index is 0.0370. The van der Waals surface area contributed by atoms with Crippen LogP contribution in [0.2, 0.25) is 4.34 Å². The van der Waals surface area contributed by atoms with E-state index in [9.17, 15) is 4.79 Å². The average Bonchev–Trinajstić information content (AvgIpc) is 3.21. The molecule has 0 spiro atoms. The predicted molar refractivity (Wildman–Crippen MR) is 105 cm³/mol. The average molecular weight is 381 g/mol. The number of carbonyl (C=O) groups excluding carboxylic acids is 1. The number of nitrogens with one attached hydrogen (secondary N) is 1. The van der Waals surface area contributed by atoms with Gasteiger partial charge in [-0.2, -0.15) is 0 Å². The third kappa shape index (κ3) is 5.52. The van der Waals surface area contributed by atoms with Gasteiger partial charge in [-0.25, -0.2) is 0 Å². The summed E-state index contributed by atoms with van der Waals surface area (Å²) in [6.07, 6.45) is 2.62. The highest BCUT2D eigenvalue weighted by atomic mass is 35.5. The molecule has 1 aromatic carbocycles. The van der Waals surface area contributed by atoms with Crippen molar-refractivity contribution in [2.75, 3.05) is 24.2 Å². The van der Waals surface area contributed by atoms with Crippen LogP contribution in [0.25, 0.3) is 0 Å². The van der Waals surface area contributed by atoms with Gasteiger partial charge in [0.2, 0.25) is 5.91 Å². The molecule has 1 aliphatic rings. The molecule has 6 heteroatoms. The van der Waals surface area contributed by atoms with Gasteiger partial charge in [0, 0.05) is 22.9 Å². The summed E-state index contributed by atoms with van der Waals surface area (Å²) in [4.78, 5) is 15.7. The molecule has 0 saturated carbocycles. The lowest BCUT2D eigenvalue weighted by Crippen LogP contribution is -2.18. The predicted octanol–water partition coefficient (Wildman–Crippen LogP) is 4.87. The Morgan fingerprint density at radius 3 is 2.58 bits per heavy atom. The third-order valence-corrected chi connectivity index (χ3v) is 6.34. The van der Waals surface area contributed by atoms with E-state index in [1.165, 1.54) is 36.4 Å². The smallest absolute Gasteiger partial charge is 0.234 e. The molecule has 0 atom stereocenters. The monoisotopic (exact) mass is 380 g/mol. The fourth-order valence-corrected chi connectivity index (χ4v) is 4.79. The lowest BCUT2D eigenvalue weighted by molar-refractivity contribution is -0.113. The van der Waals surface area contributed by atoms with Crippen molar-refractivity contribution >= 4 is 46.3 Å². The van der Waals surface area contributed by atoms with Gasteiger partial charge in [0.15, 0.2) is 0 Å². The Kier molecular flexibility index (Phi) is 6.60. The number of rotatable bonds is 7. The second-order valence-electron chi connectivity index (χ2n) is 5.93. The number of likely N-dealkylation sites (tertiary alicyclic amines) is 1. The van der Waals surface area contributed by atoms with Crippen LogP contribution in [0.1, 0.15) is 23.3 Å². The van der Waals surface area contributed by atoms with Gasteiger partial charge in [-0.15, -0.1) is 23.1 Å². The standard InChI is InChI=1S/C18H21ClN2OS2/c19-17-8-7-16(24-17)12-23-13-18(22)20-15-5-3-14(4-6-15)11-21-9-1-2-10-21/h3-8H,1-2,9-13H2,(H,20,22). The largest absolute Gasteiger partial charge is 0.325 e. The first-order chi connectivity index (χ1) is 11.7. The van der Waals surface area contributed by atoms with Crippen LogP contribution in [-0.4, -0.2) is 29.6 Å². The highest BCUT2D eigenvalue weighted by Crippen LogP contribution is 2.25. The number of nitrogens with zero attached hydrogens (tertiary/aromatic N) is 1. The quantitative estimate of drug-likeness (QED) is 0.743. The van der Waals surface area contributed by atoms with Gasteiger partial charge in [0.1, 0.15) is 0 Å². The molecule has 128 valence electrons. The maximum Gasteiger partial charge on any atom is 0.234 e. The van der Waals surface area contributed by atoms with E-state index >= 15 is 0 Å². The molecule has 1 N–H and O–H groups in total. The van der Waals surface area contributed by atoms with Crippen LogP contribution in [0.5, 0.6) is 0 Å². The van der Waals surface area contributed by atoms with Crippen molar-refractivity contribution in [1.82, 2.24) is 4.90 Å². The van der Waals surface area contributed by atoms with Crippen molar-refractivity contribution in [3.63, 3.8) is 0 Å². The molecular weight excluding hydrogens is 360 g/mol. The van der Waals surface area contributed by atoms with E-state index in [-0.39, 0.29) is 5.91 Å². The second kappa shape index (κ2) is 8.90. The first-order valence-electron chi connectivity index (χ1n) is 8.12. The van der Waals surface area contributed by atoms with E-state index in [4.69, 9.17) is 11.6 Å². The molecule has 1 saturated heterocycles. The molecule has 0 radical (unpaired) electrons. The fraction of sp³-hybridized carbons (Fsp3) is 0.389. The van der Waals surface area contributed by atoms with Crippen molar-refractivity contribution < 1.29 is 4.79 Å².